The van der Waals surface area contributed by atoms with Gasteiger partial charge in [0.2, 0.25) is 0 Å². The number of nitrogens with zero attached hydrogens (tertiary/aromatic N) is 1. The quantitative estimate of drug-likeness (QED) is 0.881. The predicted octanol–water partition coefficient (Wildman–Crippen LogP) is 3.05. The summed E-state index contributed by atoms with van der Waals surface area (Å²) in [7, 11) is 0. The van der Waals surface area contributed by atoms with E-state index in [1.807, 2.05) is 11.8 Å². The Morgan fingerprint density at radius 3 is 2.39 bits per heavy atom. The normalized spacial score (nSPS) is 13.9. The van der Waals surface area contributed by atoms with Gasteiger partial charge in [0.1, 0.15) is 0 Å². The Labute approximate surface area is 106 Å². The van der Waals surface area contributed by atoms with Crippen LogP contribution in [0.15, 0.2) is 24.3 Å². The Morgan fingerprint density at radius 2 is 1.89 bits per heavy atom. The highest BCUT2D eigenvalue weighted by molar-refractivity contribution is 5.32. The van der Waals surface area contributed by atoms with Crippen LogP contribution < -0.4 is 5.73 Å². The molecule has 18 heavy (non-hydrogen) atoms. The van der Waals surface area contributed by atoms with E-state index in [4.69, 9.17) is 5.73 Å². The highest BCUT2D eigenvalue weighted by Crippen LogP contribution is 2.35. The van der Waals surface area contributed by atoms with Gasteiger partial charge in [-0.2, -0.15) is 13.2 Å². The SMILES string of the molecule is CCN(CCN)[C@@H](C)c1ccccc1C(F)(F)F. The molecule has 0 amide bonds. The summed E-state index contributed by atoms with van der Waals surface area (Å²) < 4.78 is 38.8. The smallest absolute Gasteiger partial charge is 0.329 e. The predicted molar refractivity (Wildman–Crippen MR) is 66.2 cm³/mol. The summed E-state index contributed by atoms with van der Waals surface area (Å²) >= 11 is 0. The maximum Gasteiger partial charge on any atom is 0.416 e. The molecule has 0 saturated heterocycles. The molecule has 0 unspecified atom stereocenters. The van der Waals surface area contributed by atoms with Crippen molar-refractivity contribution in [2.24, 2.45) is 5.73 Å². The molecule has 1 atom stereocenters. The Kier molecular flexibility index (Phi) is 5.16. The molecule has 0 spiro atoms. The number of nitrogens with two attached hydrogens (primary N) is 1. The van der Waals surface area contributed by atoms with Gasteiger partial charge in [0.05, 0.1) is 5.56 Å². The fourth-order valence-electron chi connectivity index (χ4n) is 2.11. The Morgan fingerprint density at radius 1 is 1.28 bits per heavy atom. The number of hydrogen-bond acceptors (Lipinski definition) is 2. The van der Waals surface area contributed by atoms with Crippen LogP contribution >= 0.6 is 0 Å². The minimum Gasteiger partial charge on any atom is -0.329 e. The zero-order valence-electron chi connectivity index (χ0n) is 10.7. The first-order valence-corrected chi connectivity index (χ1v) is 6.02. The first-order valence-electron chi connectivity index (χ1n) is 6.02. The monoisotopic (exact) mass is 260 g/mol. The van der Waals surface area contributed by atoms with Gasteiger partial charge in [0.25, 0.3) is 0 Å². The molecule has 5 heteroatoms. The molecule has 0 bridgehead atoms. The van der Waals surface area contributed by atoms with Crippen LogP contribution in [0.2, 0.25) is 0 Å². The van der Waals surface area contributed by atoms with Crippen molar-refractivity contribution in [3.63, 3.8) is 0 Å². The molecule has 1 rings (SSSR count). The molecule has 2 nitrogen and oxygen atoms in total. The van der Waals surface area contributed by atoms with E-state index in [0.29, 0.717) is 25.2 Å². The molecule has 0 aliphatic rings. The highest BCUT2D eigenvalue weighted by atomic mass is 19.4. The number of benzene rings is 1. The van der Waals surface area contributed by atoms with Gasteiger partial charge >= 0.3 is 6.18 Å². The number of likely N-dealkylation sites (N-methyl/N-ethyl adjacent to an activating group) is 1. The van der Waals surface area contributed by atoms with E-state index >= 15 is 0 Å². The molecular weight excluding hydrogens is 241 g/mol. The molecular formula is C13H19F3N2. The number of alkyl halides is 3. The summed E-state index contributed by atoms with van der Waals surface area (Å²) in [5.74, 6) is 0. The van der Waals surface area contributed by atoms with Gasteiger partial charge in [-0.3, -0.25) is 4.90 Å². The molecule has 102 valence electrons. The van der Waals surface area contributed by atoms with Gasteiger partial charge in [-0.25, -0.2) is 0 Å². The fraction of sp³-hybridized carbons (Fsp3) is 0.538. The van der Waals surface area contributed by atoms with E-state index in [0.717, 1.165) is 6.07 Å². The van der Waals surface area contributed by atoms with Gasteiger partial charge in [0, 0.05) is 19.1 Å². The average molecular weight is 260 g/mol. The summed E-state index contributed by atoms with van der Waals surface area (Å²) in [5, 5.41) is 0. The molecule has 1 aromatic rings. The van der Waals surface area contributed by atoms with Crippen LogP contribution in [0.25, 0.3) is 0 Å². The maximum atomic E-state index is 12.9. The average Bonchev–Trinajstić information content (AvgIpc) is 2.34. The van der Waals surface area contributed by atoms with Crippen molar-refractivity contribution in [2.45, 2.75) is 26.1 Å². The summed E-state index contributed by atoms with van der Waals surface area (Å²) in [6.45, 7) is 5.40. The van der Waals surface area contributed by atoms with Crippen molar-refractivity contribution in [3.05, 3.63) is 35.4 Å². The second-order valence-corrected chi connectivity index (χ2v) is 4.18. The molecule has 0 aliphatic carbocycles. The molecule has 0 fully saturated rings. The third kappa shape index (κ3) is 3.46. The number of hydrogen-bond donors (Lipinski definition) is 1. The summed E-state index contributed by atoms with van der Waals surface area (Å²) in [6, 6.07) is 5.42. The molecule has 2 N–H and O–H groups in total. The lowest BCUT2D eigenvalue weighted by Gasteiger charge is -2.29. The molecule has 0 saturated carbocycles. The van der Waals surface area contributed by atoms with E-state index in [2.05, 4.69) is 0 Å². The fourth-order valence-corrected chi connectivity index (χ4v) is 2.11. The number of rotatable bonds is 5. The van der Waals surface area contributed by atoms with Crippen LogP contribution in [0.4, 0.5) is 13.2 Å². The summed E-state index contributed by atoms with van der Waals surface area (Å²) in [4.78, 5) is 1.94. The van der Waals surface area contributed by atoms with Crippen molar-refractivity contribution in [3.8, 4) is 0 Å². The van der Waals surface area contributed by atoms with Crippen molar-refractivity contribution in [1.82, 2.24) is 4.90 Å². The molecule has 0 heterocycles. The lowest BCUT2D eigenvalue weighted by atomic mass is 10.00. The van der Waals surface area contributed by atoms with E-state index in [1.54, 1.807) is 13.0 Å². The third-order valence-corrected chi connectivity index (χ3v) is 3.09. The van der Waals surface area contributed by atoms with E-state index in [1.165, 1.54) is 12.1 Å². The zero-order valence-corrected chi connectivity index (χ0v) is 10.7. The van der Waals surface area contributed by atoms with Crippen molar-refractivity contribution in [2.75, 3.05) is 19.6 Å². The second-order valence-electron chi connectivity index (χ2n) is 4.18. The van der Waals surface area contributed by atoms with E-state index in [-0.39, 0.29) is 6.04 Å². The molecule has 0 aliphatic heterocycles. The highest BCUT2D eigenvalue weighted by Gasteiger charge is 2.34. The van der Waals surface area contributed by atoms with Crippen molar-refractivity contribution in [1.29, 1.82) is 0 Å². The Hall–Kier alpha value is -1.07. The minimum atomic E-state index is -4.31. The van der Waals surface area contributed by atoms with Crippen LogP contribution in [0.5, 0.6) is 0 Å². The largest absolute Gasteiger partial charge is 0.416 e. The minimum absolute atomic E-state index is 0.295. The Bertz CT molecular complexity index is 377. The van der Waals surface area contributed by atoms with Crippen LogP contribution in [-0.4, -0.2) is 24.5 Å². The maximum absolute atomic E-state index is 12.9. The summed E-state index contributed by atoms with van der Waals surface area (Å²) in [6.07, 6.45) is -4.31. The molecule has 0 radical (unpaired) electrons. The van der Waals surface area contributed by atoms with Crippen LogP contribution in [0, 0.1) is 0 Å². The topological polar surface area (TPSA) is 29.3 Å². The van der Waals surface area contributed by atoms with Crippen LogP contribution in [0.1, 0.15) is 31.0 Å². The van der Waals surface area contributed by atoms with E-state index < -0.39 is 11.7 Å². The Balaban J connectivity index is 3.08. The third-order valence-electron chi connectivity index (χ3n) is 3.09. The van der Waals surface area contributed by atoms with Gasteiger partial charge in [0.15, 0.2) is 0 Å². The van der Waals surface area contributed by atoms with Crippen molar-refractivity contribution >= 4 is 0 Å². The first kappa shape index (κ1) is 15.0. The molecule has 0 aromatic heterocycles. The first-order chi connectivity index (χ1) is 8.41. The second kappa shape index (κ2) is 6.20. The zero-order chi connectivity index (χ0) is 13.8. The molecule has 1 aromatic carbocycles. The standard InChI is InChI=1S/C13H19F3N2/c1-3-18(9-8-17)10(2)11-6-4-5-7-12(11)13(14,15)16/h4-7,10H,3,8-9,17H2,1-2H3/t10-/m0/s1. The van der Waals surface area contributed by atoms with Gasteiger partial charge in [-0.1, -0.05) is 25.1 Å². The van der Waals surface area contributed by atoms with Crippen molar-refractivity contribution < 1.29 is 13.2 Å². The van der Waals surface area contributed by atoms with Gasteiger partial charge in [-0.05, 0) is 25.1 Å². The lowest BCUT2D eigenvalue weighted by molar-refractivity contribution is -0.138. The summed E-state index contributed by atoms with van der Waals surface area (Å²) in [5.41, 5.74) is 5.22. The lowest BCUT2D eigenvalue weighted by Crippen LogP contribution is -2.32. The number of halogens is 3. The van der Waals surface area contributed by atoms with Crippen LogP contribution in [0.3, 0.4) is 0 Å². The van der Waals surface area contributed by atoms with Gasteiger partial charge in [-0.15, -0.1) is 0 Å². The van der Waals surface area contributed by atoms with Gasteiger partial charge < -0.3 is 5.73 Å². The van der Waals surface area contributed by atoms with E-state index in [9.17, 15) is 13.2 Å². The van der Waals surface area contributed by atoms with Crippen LogP contribution in [-0.2, 0) is 6.18 Å².